The first-order chi connectivity index (χ1) is 9.81. The van der Waals surface area contributed by atoms with Crippen LogP contribution in [-0.4, -0.2) is 24.9 Å². The minimum absolute atomic E-state index is 0.131. The number of imidazole rings is 1. The third kappa shape index (κ3) is 1.57. The van der Waals surface area contributed by atoms with Crippen LogP contribution in [0.4, 0.5) is 0 Å². The van der Waals surface area contributed by atoms with Gasteiger partial charge in [-0.15, -0.1) is 0 Å². The van der Waals surface area contributed by atoms with E-state index in [0.29, 0.717) is 27.9 Å². The maximum absolute atomic E-state index is 11.9. The smallest absolute Gasteiger partial charge is 0.347 e. The van der Waals surface area contributed by atoms with E-state index >= 15 is 0 Å². The summed E-state index contributed by atoms with van der Waals surface area (Å²) in [6.07, 6.45) is 2.99. The van der Waals surface area contributed by atoms with Crippen LogP contribution in [0.1, 0.15) is 0 Å². The molecule has 96 valence electrons. The molecule has 0 aliphatic rings. The van der Waals surface area contributed by atoms with Crippen molar-refractivity contribution < 1.29 is 4.42 Å². The zero-order chi connectivity index (χ0) is 13.5. The Kier molecular flexibility index (Phi) is 2.13. The first kappa shape index (κ1) is 10.8. The first-order valence-electron chi connectivity index (χ1n) is 5.87. The molecule has 7 nitrogen and oxygen atoms in total. The summed E-state index contributed by atoms with van der Waals surface area (Å²) < 4.78 is 5.20. The third-order valence-electron chi connectivity index (χ3n) is 2.90. The predicted octanol–water partition coefficient (Wildman–Crippen LogP) is 1.52. The number of H-pyrrole nitrogens is 1. The molecule has 0 aliphatic heterocycles. The van der Waals surface area contributed by atoms with Crippen LogP contribution in [0.15, 0.2) is 46.0 Å². The highest BCUT2D eigenvalue weighted by Gasteiger charge is 2.12. The fourth-order valence-electron chi connectivity index (χ4n) is 1.98. The van der Waals surface area contributed by atoms with Gasteiger partial charge in [-0.2, -0.15) is 0 Å². The maximum atomic E-state index is 11.9. The summed E-state index contributed by atoms with van der Waals surface area (Å²) in [4.78, 5) is 31.3. The van der Waals surface area contributed by atoms with Crippen molar-refractivity contribution in [1.29, 1.82) is 0 Å². The van der Waals surface area contributed by atoms with Crippen molar-refractivity contribution in [3.63, 3.8) is 0 Å². The normalized spacial score (nSPS) is 11.2. The van der Waals surface area contributed by atoms with E-state index in [1.54, 1.807) is 24.4 Å². The van der Waals surface area contributed by atoms with Crippen molar-refractivity contribution in [3.8, 4) is 11.7 Å². The summed E-state index contributed by atoms with van der Waals surface area (Å²) in [5.74, 6) is 0.482. The Morgan fingerprint density at radius 1 is 1.15 bits per heavy atom. The van der Waals surface area contributed by atoms with Gasteiger partial charge >= 0.3 is 5.63 Å². The molecule has 1 N–H and O–H groups in total. The number of fused-ring (bicyclic) bond motifs is 2. The number of aromatic amines is 1. The van der Waals surface area contributed by atoms with E-state index in [9.17, 15) is 4.79 Å². The van der Waals surface area contributed by atoms with Gasteiger partial charge in [0, 0.05) is 0 Å². The van der Waals surface area contributed by atoms with Crippen LogP contribution in [-0.2, 0) is 0 Å². The van der Waals surface area contributed by atoms with Gasteiger partial charge in [-0.05, 0) is 12.1 Å². The average Bonchev–Trinajstić information content (AvgIpc) is 2.91. The molecule has 0 radical (unpaired) electrons. The Hall–Kier alpha value is -3.09. The van der Waals surface area contributed by atoms with E-state index in [1.807, 2.05) is 6.07 Å². The van der Waals surface area contributed by atoms with Crippen LogP contribution in [0.2, 0.25) is 0 Å². The molecule has 0 atom stereocenters. The number of aromatic nitrogens is 5. The fourth-order valence-corrected chi connectivity index (χ4v) is 1.98. The van der Waals surface area contributed by atoms with E-state index in [-0.39, 0.29) is 5.89 Å². The second-order valence-corrected chi connectivity index (χ2v) is 4.17. The van der Waals surface area contributed by atoms with Gasteiger partial charge in [0.2, 0.25) is 0 Å². The molecular weight excluding hydrogens is 258 g/mol. The van der Waals surface area contributed by atoms with Gasteiger partial charge in [0.15, 0.2) is 11.5 Å². The second-order valence-electron chi connectivity index (χ2n) is 4.17. The topological polar surface area (TPSA) is 97.6 Å². The van der Waals surface area contributed by atoms with Gasteiger partial charge < -0.3 is 9.40 Å². The highest BCUT2D eigenvalue weighted by molar-refractivity contribution is 5.79. The van der Waals surface area contributed by atoms with Crippen molar-refractivity contribution in [2.75, 3.05) is 0 Å². The Bertz CT molecular complexity index is 956. The second kappa shape index (κ2) is 3.95. The average molecular weight is 265 g/mol. The standard InChI is InChI=1S/C13H7N5O2/c19-13-7-3-1-2-4-8(7)17-12(20-13)11-16-9-5-14-6-15-10(9)18-11/h1-6H,(H,14,15,16,18). The first-order valence-corrected chi connectivity index (χ1v) is 5.87. The molecule has 0 unspecified atom stereocenters. The third-order valence-corrected chi connectivity index (χ3v) is 2.90. The lowest BCUT2D eigenvalue weighted by Crippen LogP contribution is -2.03. The van der Waals surface area contributed by atoms with Crippen LogP contribution >= 0.6 is 0 Å². The van der Waals surface area contributed by atoms with Gasteiger partial charge in [0.05, 0.1) is 17.1 Å². The number of hydrogen-bond acceptors (Lipinski definition) is 6. The molecule has 1 aromatic carbocycles. The summed E-state index contributed by atoms with van der Waals surface area (Å²) >= 11 is 0. The van der Waals surface area contributed by atoms with Gasteiger partial charge in [-0.3, -0.25) is 0 Å². The number of rotatable bonds is 1. The molecule has 0 bridgehead atoms. The molecule has 0 saturated heterocycles. The Labute approximate surface area is 111 Å². The van der Waals surface area contributed by atoms with Crippen molar-refractivity contribution in [2.24, 2.45) is 0 Å². The van der Waals surface area contributed by atoms with Crippen molar-refractivity contribution >= 4 is 22.1 Å². The lowest BCUT2D eigenvalue weighted by Gasteiger charge is -1.97. The Morgan fingerprint density at radius 3 is 2.95 bits per heavy atom. The summed E-state index contributed by atoms with van der Waals surface area (Å²) in [7, 11) is 0. The molecule has 4 rings (SSSR count). The van der Waals surface area contributed by atoms with Crippen LogP contribution in [0.3, 0.4) is 0 Å². The molecule has 0 amide bonds. The summed E-state index contributed by atoms with van der Waals surface area (Å²) in [5.41, 5.74) is 1.26. The van der Waals surface area contributed by atoms with Gasteiger partial charge in [-0.1, -0.05) is 12.1 Å². The zero-order valence-electron chi connectivity index (χ0n) is 10.1. The lowest BCUT2D eigenvalue weighted by atomic mass is 10.2. The largest absolute Gasteiger partial charge is 0.400 e. The highest BCUT2D eigenvalue weighted by Crippen LogP contribution is 2.17. The van der Waals surface area contributed by atoms with Crippen molar-refractivity contribution in [3.05, 3.63) is 47.2 Å². The fraction of sp³-hybridized carbons (Fsp3) is 0. The number of nitrogens with zero attached hydrogens (tertiary/aromatic N) is 4. The monoisotopic (exact) mass is 265 g/mol. The molecular formula is C13H7N5O2. The van der Waals surface area contributed by atoms with E-state index in [0.717, 1.165) is 0 Å². The van der Waals surface area contributed by atoms with E-state index in [4.69, 9.17) is 4.42 Å². The van der Waals surface area contributed by atoms with E-state index in [2.05, 4.69) is 24.9 Å². The number of para-hydroxylation sites is 1. The summed E-state index contributed by atoms with van der Waals surface area (Å²) in [5, 5.41) is 0.437. The number of nitrogens with one attached hydrogen (secondary N) is 1. The molecule has 0 spiro atoms. The maximum Gasteiger partial charge on any atom is 0.347 e. The predicted molar refractivity (Wildman–Crippen MR) is 71.0 cm³/mol. The van der Waals surface area contributed by atoms with Crippen molar-refractivity contribution in [2.45, 2.75) is 0 Å². The van der Waals surface area contributed by atoms with Crippen LogP contribution in [0.25, 0.3) is 33.8 Å². The van der Waals surface area contributed by atoms with Crippen LogP contribution in [0, 0.1) is 0 Å². The minimum atomic E-state index is -0.447. The molecule has 20 heavy (non-hydrogen) atoms. The molecule has 4 aromatic rings. The van der Waals surface area contributed by atoms with Gasteiger partial charge in [0.1, 0.15) is 11.8 Å². The minimum Gasteiger partial charge on any atom is -0.400 e. The van der Waals surface area contributed by atoms with Crippen LogP contribution in [0.5, 0.6) is 0 Å². The Balaban J connectivity index is 1.99. The number of benzene rings is 1. The SMILES string of the molecule is O=c1oc(-c2nc3ncncc3[nH]2)nc2ccccc12. The molecule has 3 aromatic heterocycles. The molecule has 0 aliphatic carbocycles. The van der Waals surface area contributed by atoms with Crippen molar-refractivity contribution in [1.82, 2.24) is 24.9 Å². The lowest BCUT2D eigenvalue weighted by molar-refractivity contribution is 0.514. The summed E-state index contributed by atoms with van der Waals surface area (Å²) in [6.45, 7) is 0. The van der Waals surface area contributed by atoms with E-state index in [1.165, 1.54) is 6.33 Å². The highest BCUT2D eigenvalue weighted by atomic mass is 16.4. The van der Waals surface area contributed by atoms with Gasteiger partial charge in [-0.25, -0.2) is 24.7 Å². The Morgan fingerprint density at radius 2 is 2.05 bits per heavy atom. The summed E-state index contributed by atoms with van der Waals surface area (Å²) in [6, 6.07) is 6.99. The molecule has 0 saturated carbocycles. The van der Waals surface area contributed by atoms with Crippen LogP contribution < -0.4 is 5.63 Å². The molecule has 7 heteroatoms. The molecule has 3 heterocycles. The van der Waals surface area contributed by atoms with E-state index < -0.39 is 5.63 Å². The zero-order valence-corrected chi connectivity index (χ0v) is 10.1. The molecule has 0 fully saturated rings. The number of hydrogen-bond donors (Lipinski definition) is 1. The van der Waals surface area contributed by atoms with Gasteiger partial charge in [0.25, 0.3) is 5.89 Å². The quantitative estimate of drug-likeness (QED) is 0.560.